The van der Waals surface area contributed by atoms with E-state index >= 15 is 0 Å². The molecule has 0 radical (unpaired) electrons. The largest absolute Gasteiger partial charge is 0.340 e. The van der Waals surface area contributed by atoms with Crippen LogP contribution in [0.15, 0.2) is 36.5 Å². The Bertz CT molecular complexity index is 675. The number of aromatic nitrogens is 1. The number of rotatable bonds is 7. The van der Waals surface area contributed by atoms with Gasteiger partial charge in [0.2, 0.25) is 0 Å². The highest BCUT2D eigenvalue weighted by Gasteiger charge is 2.17. The lowest BCUT2D eigenvalue weighted by Crippen LogP contribution is -2.27. The van der Waals surface area contributed by atoms with Gasteiger partial charge < -0.3 is 10.6 Å². The standard InChI is InChI=1S/C21H29N3/c1-15(2)20-11-21(24-19-9-4-6-16(3)10-19)23-14-18(20)13-22-12-17-7-5-8-17/h4,6,9-11,14-15,17,22H,5,7-8,12-13H2,1-3H3,(H,23,24). The SMILES string of the molecule is Cc1cccc(Nc2cc(C(C)C)c(CNCC3CCC3)cn2)c1. The predicted molar refractivity (Wildman–Crippen MR) is 102 cm³/mol. The zero-order chi connectivity index (χ0) is 16.9. The number of anilines is 2. The minimum atomic E-state index is 0.492. The van der Waals surface area contributed by atoms with E-state index in [4.69, 9.17) is 0 Å². The first-order valence-corrected chi connectivity index (χ1v) is 9.15. The maximum atomic E-state index is 4.63. The molecular formula is C21H29N3. The molecule has 0 unspecified atom stereocenters. The molecule has 3 nitrogen and oxygen atoms in total. The minimum Gasteiger partial charge on any atom is -0.340 e. The molecule has 0 bridgehead atoms. The summed E-state index contributed by atoms with van der Waals surface area (Å²) in [6, 6.07) is 10.6. The van der Waals surface area contributed by atoms with Gasteiger partial charge in [0.25, 0.3) is 0 Å². The van der Waals surface area contributed by atoms with Crippen molar-refractivity contribution in [2.24, 2.45) is 5.92 Å². The summed E-state index contributed by atoms with van der Waals surface area (Å²) < 4.78 is 0. The number of hydrogen-bond donors (Lipinski definition) is 2. The summed E-state index contributed by atoms with van der Waals surface area (Å²) in [6.45, 7) is 8.67. The zero-order valence-corrected chi connectivity index (χ0v) is 15.1. The van der Waals surface area contributed by atoms with E-state index in [1.165, 1.54) is 36.0 Å². The molecule has 1 aromatic heterocycles. The van der Waals surface area contributed by atoms with Gasteiger partial charge >= 0.3 is 0 Å². The summed E-state index contributed by atoms with van der Waals surface area (Å²) in [6.07, 6.45) is 6.22. The van der Waals surface area contributed by atoms with Crippen molar-refractivity contribution >= 4 is 11.5 Å². The third-order valence-electron chi connectivity index (χ3n) is 4.91. The second kappa shape index (κ2) is 7.80. The number of pyridine rings is 1. The molecule has 1 aromatic carbocycles. The Kier molecular flexibility index (Phi) is 5.52. The second-order valence-corrected chi connectivity index (χ2v) is 7.35. The van der Waals surface area contributed by atoms with Gasteiger partial charge in [-0.15, -0.1) is 0 Å². The quantitative estimate of drug-likeness (QED) is 0.740. The second-order valence-electron chi connectivity index (χ2n) is 7.35. The third-order valence-corrected chi connectivity index (χ3v) is 4.91. The van der Waals surface area contributed by atoms with Crippen molar-refractivity contribution in [3.63, 3.8) is 0 Å². The van der Waals surface area contributed by atoms with E-state index in [1.54, 1.807) is 0 Å². The van der Waals surface area contributed by atoms with Gasteiger partial charge in [-0.3, -0.25) is 0 Å². The molecule has 1 heterocycles. The Morgan fingerprint density at radius 1 is 1.21 bits per heavy atom. The molecule has 1 aliphatic rings. The number of aryl methyl sites for hydroxylation is 1. The normalized spacial score (nSPS) is 14.7. The van der Waals surface area contributed by atoms with Gasteiger partial charge in [-0.1, -0.05) is 32.4 Å². The molecule has 0 amide bonds. The molecule has 0 saturated heterocycles. The molecular weight excluding hydrogens is 294 g/mol. The molecule has 2 N–H and O–H groups in total. The van der Waals surface area contributed by atoms with Gasteiger partial charge in [0.15, 0.2) is 0 Å². The van der Waals surface area contributed by atoms with E-state index in [0.717, 1.165) is 30.5 Å². The molecule has 0 atom stereocenters. The summed E-state index contributed by atoms with van der Waals surface area (Å²) >= 11 is 0. The number of hydrogen-bond acceptors (Lipinski definition) is 3. The van der Waals surface area contributed by atoms with Crippen LogP contribution in [0.4, 0.5) is 11.5 Å². The summed E-state index contributed by atoms with van der Waals surface area (Å²) in [7, 11) is 0. The molecule has 1 aliphatic carbocycles. The van der Waals surface area contributed by atoms with Gasteiger partial charge in [0.1, 0.15) is 5.82 Å². The summed E-state index contributed by atoms with van der Waals surface area (Å²) in [5.74, 6) is 2.31. The number of benzene rings is 1. The molecule has 3 rings (SSSR count). The highest BCUT2D eigenvalue weighted by Crippen LogP contribution is 2.26. The van der Waals surface area contributed by atoms with E-state index in [9.17, 15) is 0 Å². The smallest absolute Gasteiger partial charge is 0.130 e. The molecule has 1 fully saturated rings. The van der Waals surface area contributed by atoms with E-state index < -0.39 is 0 Å². The van der Waals surface area contributed by atoms with Crippen LogP contribution in [0.2, 0.25) is 0 Å². The highest BCUT2D eigenvalue weighted by molar-refractivity contribution is 5.58. The van der Waals surface area contributed by atoms with E-state index in [1.807, 2.05) is 6.20 Å². The Hall–Kier alpha value is -1.87. The Labute approximate surface area is 145 Å². The van der Waals surface area contributed by atoms with Crippen LogP contribution < -0.4 is 10.6 Å². The van der Waals surface area contributed by atoms with Gasteiger partial charge in [0, 0.05) is 18.4 Å². The van der Waals surface area contributed by atoms with Crippen LogP contribution in [0.3, 0.4) is 0 Å². The van der Waals surface area contributed by atoms with Crippen molar-refractivity contribution in [3.8, 4) is 0 Å². The monoisotopic (exact) mass is 323 g/mol. The summed E-state index contributed by atoms with van der Waals surface area (Å²) in [5, 5.41) is 7.04. The fourth-order valence-corrected chi connectivity index (χ4v) is 3.23. The van der Waals surface area contributed by atoms with Crippen molar-refractivity contribution in [1.82, 2.24) is 10.3 Å². The number of nitrogens with zero attached hydrogens (tertiary/aromatic N) is 1. The lowest BCUT2D eigenvalue weighted by Gasteiger charge is -2.25. The molecule has 0 aliphatic heterocycles. The lowest BCUT2D eigenvalue weighted by atomic mass is 9.85. The van der Waals surface area contributed by atoms with Gasteiger partial charge in [-0.05, 0) is 73.0 Å². The van der Waals surface area contributed by atoms with Crippen LogP contribution in [0, 0.1) is 12.8 Å². The van der Waals surface area contributed by atoms with Gasteiger partial charge in [0.05, 0.1) is 0 Å². The first kappa shape index (κ1) is 17.0. The van der Waals surface area contributed by atoms with Crippen LogP contribution in [-0.4, -0.2) is 11.5 Å². The fraction of sp³-hybridized carbons (Fsp3) is 0.476. The Morgan fingerprint density at radius 3 is 2.71 bits per heavy atom. The highest BCUT2D eigenvalue weighted by atomic mass is 15.0. The molecule has 2 aromatic rings. The molecule has 1 saturated carbocycles. The zero-order valence-electron chi connectivity index (χ0n) is 15.1. The topological polar surface area (TPSA) is 37.0 Å². The molecule has 24 heavy (non-hydrogen) atoms. The van der Waals surface area contributed by atoms with Crippen LogP contribution in [0.25, 0.3) is 0 Å². The van der Waals surface area contributed by atoms with Crippen molar-refractivity contribution in [2.45, 2.75) is 52.5 Å². The van der Waals surface area contributed by atoms with E-state index in [2.05, 4.69) is 66.7 Å². The van der Waals surface area contributed by atoms with Crippen LogP contribution in [0.1, 0.15) is 55.7 Å². The fourth-order valence-electron chi connectivity index (χ4n) is 3.23. The van der Waals surface area contributed by atoms with Gasteiger partial charge in [-0.25, -0.2) is 4.98 Å². The van der Waals surface area contributed by atoms with Crippen LogP contribution >= 0.6 is 0 Å². The van der Waals surface area contributed by atoms with Crippen molar-refractivity contribution < 1.29 is 0 Å². The van der Waals surface area contributed by atoms with Crippen molar-refractivity contribution in [2.75, 3.05) is 11.9 Å². The molecule has 0 spiro atoms. The Balaban J connectivity index is 1.68. The number of nitrogens with one attached hydrogen (secondary N) is 2. The first-order valence-electron chi connectivity index (χ1n) is 9.15. The summed E-state index contributed by atoms with van der Waals surface area (Å²) in [5.41, 5.74) is 5.04. The third kappa shape index (κ3) is 4.35. The average Bonchev–Trinajstić information content (AvgIpc) is 2.50. The first-order chi connectivity index (χ1) is 11.6. The average molecular weight is 323 g/mol. The van der Waals surface area contributed by atoms with E-state index in [0.29, 0.717) is 5.92 Å². The van der Waals surface area contributed by atoms with Crippen LogP contribution in [-0.2, 0) is 6.54 Å². The van der Waals surface area contributed by atoms with E-state index in [-0.39, 0.29) is 0 Å². The predicted octanol–water partition coefficient (Wildman–Crippen LogP) is 5.15. The maximum Gasteiger partial charge on any atom is 0.130 e. The Morgan fingerprint density at radius 2 is 2.04 bits per heavy atom. The van der Waals surface area contributed by atoms with Crippen molar-refractivity contribution in [3.05, 3.63) is 53.2 Å². The lowest BCUT2D eigenvalue weighted by molar-refractivity contribution is 0.301. The molecule has 3 heteroatoms. The van der Waals surface area contributed by atoms with Crippen molar-refractivity contribution in [1.29, 1.82) is 0 Å². The molecule has 128 valence electrons. The van der Waals surface area contributed by atoms with Crippen LogP contribution in [0.5, 0.6) is 0 Å². The minimum absolute atomic E-state index is 0.492. The maximum absolute atomic E-state index is 4.63. The van der Waals surface area contributed by atoms with Gasteiger partial charge in [-0.2, -0.15) is 0 Å². The summed E-state index contributed by atoms with van der Waals surface area (Å²) in [4.78, 5) is 4.63.